The molecule has 100 valence electrons. The average molecular weight is 251 g/mol. The fourth-order valence-corrected chi connectivity index (χ4v) is 1.60. The molecule has 0 aromatic heterocycles. The van der Waals surface area contributed by atoms with Crippen LogP contribution in [0.15, 0.2) is 18.2 Å². The van der Waals surface area contributed by atoms with E-state index < -0.39 is 0 Å². The number of hydrogen-bond donors (Lipinski definition) is 1. The van der Waals surface area contributed by atoms with Crippen molar-refractivity contribution in [2.75, 3.05) is 20.3 Å². The van der Waals surface area contributed by atoms with Crippen LogP contribution in [0.2, 0.25) is 0 Å². The van der Waals surface area contributed by atoms with Crippen molar-refractivity contribution in [3.8, 4) is 11.5 Å². The number of methoxy groups -OCH3 is 1. The van der Waals surface area contributed by atoms with E-state index in [0.29, 0.717) is 36.6 Å². The molecule has 0 bridgehead atoms. The summed E-state index contributed by atoms with van der Waals surface area (Å²) in [6.07, 6.45) is 2.26. The smallest absolute Gasteiger partial charge is 0.166 e. The summed E-state index contributed by atoms with van der Waals surface area (Å²) in [6, 6.07) is 5.28. The number of Topliss-reactive ketones (excluding diaryl/α,β-unsaturated/α-hetero) is 1. The molecule has 0 saturated carbocycles. The first-order valence-corrected chi connectivity index (χ1v) is 6.27. The summed E-state index contributed by atoms with van der Waals surface area (Å²) in [5.74, 6) is 1.36. The molecule has 0 atom stereocenters. The van der Waals surface area contributed by atoms with Crippen molar-refractivity contribution >= 4 is 5.78 Å². The number of ketones is 1. The molecule has 0 aliphatic heterocycles. The molecule has 1 rings (SSSR count). The van der Waals surface area contributed by atoms with Crippen molar-refractivity contribution < 1.29 is 14.3 Å². The van der Waals surface area contributed by atoms with Crippen molar-refractivity contribution in [2.24, 2.45) is 5.73 Å². The van der Waals surface area contributed by atoms with E-state index in [-0.39, 0.29) is 5.78 Å². The average Bonchev–Trinajstić information content (AvgIpc) is 2.42. The van der Waals surface area contributed by atoms with Crippen molar-refractivity contribution in [1.82, 2.24) is 0 Å². The highest BCUT2D eigenvalue weighted by Crippen LogP contribution is 2.26. The summed E-state index contributed by atoms with van der Waals surface area (Å²) in [4.78, 5) is 11.8. The quantitative estimate of drug-likeness (QED) is 0.569. The Morgan fingerprint density at radius 2 is 2.11 bits per heavy atom. The summed E-state index contributed by atoms with van der Waals surface area (Å²) < 4.78 is 10.8. The van der Waals surface area contributed by atoms with Crippen LogP contribution in [0.1, 0.15) is 36.5 Å². The first kappa shape index (κ1) is 14.5. The number of ether oxygens (including phenoxy) is 2. The normalized spacial score (nSPS) is 10.2. The highest BCUT2D eigenvalue weighted by molar-refractivity contribution is 5.98. The molecule has 0 spiro atoms. The molecular weight excluding hydrogens is 230 g/mol. The van der Waals surface area contributed by atoms with Crippen LogP contribution in [0.3, 0.4) is 0 Å². The van der Waals surface area contributed by atoms with Gasteiger partial charge in [-0.25, -0.2) is 0 Å². The standard InChI is InChI=1S/C14H21NO3/c1-3-13(16)12-7-6-11(17-2)10-14(12)18-9-5-4-8-15/h6-7,10H,3-5,8-9,15H2,1-2H3. The van der Waals surface area contributed by atoms with Crippen LogP contribution in [0.4, 0.5) is 0 Å². The molecule has 0 radical (unpaired) electrons. The number of hydrogen-bond acceptors (Lipinski definition) is 4. The van der Waals surface area contributed by atoms with Gasteiger partial charge in [0.1, 0.15) is 11.5 Å². The monoisotopic (exact) mass is 251 g/mol. The van der Waals surface area contributed by atoms with Crippen LogP contribution >= 0.6 is 0 Å². The molecule has 4 heteroatoms. The molecule has 0 aliphatic rings. The van der Waals surface area contributed by atoms with Gasteiger partial charge in [-0.2, -0.15) is 0 Å². The molecule has 4 nitrogen and oxygen atoms in total. The highest BCUT2D eigenvalue weighted by Gasteiger charge is 2.12. The minimum Gasteiger partial charge on any atom is -0.497 e. The Morgan fingerprint density at radius 3 is 2.72 bits per heavy atom. The molecule has 18 heavy (non-hydrogen) atoms. The van der Waals surface area contributed by atoms with Crippen LogP contribution in [-0.2, 0) is 0 Å². The first-order chi connectivity index (χ1) is 8.72. The first-order valence-electron chi connectivity index (χ1n) is 6.27. The summed E-state index contributed by atoms with van der Waals surface area (Å²) in [5.41, 5.74) is 6.04. The Morgan fingerprint density at radius 1 is 1.33 bits per heavy atom. The van der Waals surface area contributed by atoms with Gasteiger partial charge in [0.25, 0.3) is 0 Å². The summed E-state index contributed by atoms with van der Waals surface area (Å²) >= 11 is 0. The Balaban J connectivity index is 2.79. The zero-order valence-electron chi connectivity index (χ0n) is 11.1. The maximum atomic E-state index is 11.8. The van der Waals surface area contributed by atoms with Gasteiger partial charge in [-0.15, -0.1) is 0 Å². The lowest BCUT2D eigenvalue weighted by Gasteiger charge is -2.11. The van der Waals surface area contributed by atoms with Gasteiger partial charge in [0.15, 0.2) is 5.78 Å². The third kappa shape index (κ3) is 4.04. The lowest BCUT2D eigenvalue weighted by molar-refractivity contribution is 0.0984. The van der Waals surface area contributed by atoms with Gasteiger partial charge in [0, 0.05) is 12.5 Å². The third-order valence-electron chi connectivity index (χ3n) is 2.67. The van der Waals surface area contributed by atoms with E-state index in [9.17, 15) is 4.79 Å². The van der Waals surface area contributed by atoms with Crippen molar-refractivity contribution in [1.29, 1.82) is 0 Å². The van der Waals surface area contributed by atoms with Crippen LogP contribution in [0.5, 0.6) is 11.5 Å². The zero-order chi connectivity index (χ0) is 13.4. The predicted molar refractivity (Wildman–Crippen MR) is 71.4 cm³/mol. The molecule has 1 aromatic carbocycles. The van der Waals surface area contributed by atoms with E-state index in [4.69, 9.17) is 15.2 Å². The minimum atomic E-state index is 0.0754. The molecule has 0 heterocycles. The predicted octanol–water partition coefficient (Wildman–Crippen LogP) is 2.41. The summed E-state index contributed by atoms with van der Waals surface area (Å²) in [7, 11) is 1.59. The topological polar surface area (TPSA) is 61.5 Å². The second kappa shape index (κ2) is 7.71. The van der Waals surface area contributed by atoms with Gasteiger partial charge in [-0.1, -0.05) is 6.92 Å². The second-order valence-electron chi connectivity index (χ2n) is 3.98. The van der Waals surface area contributed by atoms with E-state index in [1.54, 1.807) is 25.3 Å². The van der Waals surface area contributed by atoms with Gasteiger partial charge in [0.05, 0.1) is 19.3 Å². The molecule has 1 aromatic rings. The van der Waals surface area contributed by atoms with E-state index in [1.165, 1.54) is 0 Å². The lowest BCUT2D eigenvalue weighted by Crippen LogP contribution is -2.07. The molecule has 0 amide bonds. The largest absolute Gasteiger partial charge is 0.497 e. The minimum absolute atomic E-state index is 0.0754. The third-order valence-corrected chi connectivity index (χ3v) is 2.67. The number of carbonyl (C=O) groups excluding carboxylic acids is 1. The van der Waals surface area contributed by atoms with Crippen molar-refractivity contribution in [3.63, 3.8) is 0 Å². The van der Waals surface area contributed by atoms with E-state index >= 15 is 0 Å². The van der Waals surface area contributed by atoms with Crippen molar-refractivity contribution in [3.05, 3.63) is 23.8 Å². The van der Waals surface area contributed by atoms with Gasteiger partial charge >= 0.3 is 0 Å². The van der Waals surface area contributed by atoms with Crippen LogP contribution < -0.4 is 15.2 Å². The van der Waals surface area contributed by atoms with Crippen molar-refractivity contribution in [2.45, 2.75) is 26.2 Å². The Labute approximate surface area is 108 Å². The molecule has 0 aliphatic carbocycles. The number of carbonyl (C=O) groups is 1. The number of rotatable bonds is 8. The van der Waals surface area contributed by atoms with E-state index in [1.807, 2.05) is 6.92 Å². The van der Waals surface area contributed by atoms with Gasteiger partial charge in [0.2, 0.25) is 0 Å². The number of benzene rings is 1. The van der Waals surface area contributed by atoms with E-state index in [2.05, 4.69) is 0 Å². The van der Waals surface area contributed by atoms with Gasteiger partial charge in [-0.3, -0.25) is 4.79 Å². The molecule has 0 fully saturated rings. The van der Waals surface area contributed by atoms with E-state index in [0.717, 1.165) is 12.8 Å². The second-order valence-corrected chi connectivity index (χ2v) is 3.98. The maximum absolute atomic E-state index is 11.8. The molecule has 0 unspecified atom stereocenters. The Hall–Kier alpha value is -1.55. The summed E-state index contributed by atoms with van der Waals surface area (Å²) in [5, 5.41) is 0. The van der Waals surface area contributed by atoms with Crippen LogP contribution in [0.25, 0.3) is 0 Å². The fraction of sp³-hybridized carbons (Fsp3) is 0.500. The SMILES string of the molecule is CCC(=O)c1ccc(OC)cc1OCCCCN. The maximum Gasteiger partial charge on any atom is 0.166 e. The molecule has 2 N–H and O–H groups in total. The van der Waals surface area contributed by atoms with Gasteiger partial charge < -0.3 is 15.2 Å². The van der Waals surface area contributed by atoms with Gasteiger partial charge in [-0.05, 0) is 31.5 Å². The van der Waals surface area contributed by atoms with Crippen LogP contribution in [0, 0.1) is 0 Å². The zero-order valence-corrected chi connectivity index (χ0v) is 11.1. The molecule has 0 saturated heterocycles. The lowest BCUT2D eigenvalue weighted by atomic mass is 10.1. The Bertz CT molecular complexity index is 391. The molecular formula is C14H21NO3. The fourth-order valence-electron chi connectivity index (χ4n) is 1.60. The number of nitrogens with two attached hydrogens (primary N) is 1. The number of unbranched alkanes of at least 4 members (excludes halogenated alkanes) is 1. The highest BCUT2D eigenvalue weighted by atomic mass is 16.5. The summed E-state index contributed by atoms with van der Waals surface area (Å²) in [6.45, 7) is 3.06. The van der Waals surface area contributed by atoms with Crippen LogP contribution in [-0.4, -0.2) is 26.0 Å². The Kier molecular flexibility index (Phi) is 6.22.